The maximum atomic E-state index is 13.5. The van der Waals surface area contributed by atoms with E-state index in [-0.39, 0.29) is 12.8 Å². The van der Waals surface area contributed by atoms with E-state index in [9.17, 15) is 26.7 Å². The maximum absolute atomic E-state index is 13.5. The molecule has 1 aliphatic carbocycles. The highest BCUT2D eigenvalue weighted by Crippen LogP contribution is 2.42. The molecule has 116 valence electrons. The van der Waals surface area contributed by atoms with Crippen molar-refractivity contribution >= 4 is 5.78 Å². The lowest BCUT2D eigenvalue weighted by molar-refractivity contribution is -0.197. The van der Waals surface area contributed by atoms with Gasteiger partial charge in [-0.2, -0.15) is 13.2 Å². The Balaban J connectivity index is 2.18. The first kappa shape index (κ1) is 15.9. The van der Waals surface area contributed by atoms with Gasteiger partial charge in [0.25, 0.3) is 0 Å². The van der Waals surface area contributed by atoms with E-state index in [1.165, 1.54) is 0 Å². The van der Waals surface area contributed by atoms with Crippen molar-refractivity contribution in [2.24, 2.45) is 11.8 Å². The second-order valence-corrected chi connectivity index (χ2v) is 5.38. The lowest BCUT2D eigenvalue weighted by Gasteiger charge is -2.32. The molecule has 1 aromatic carbocycles. The molecule has 0 N–H and O–H groups in total. The largest absolute Gasteiger partial charge is 0.392 e. The molecule has 1 nitrogen and oxygen atoms in total. The van der Waals surface area contributed by atoms with E-state index < -0.39 is 47.4 Å². The molecule has 0 aliphatic heterocycles. The highest BCUT2D eigenvalue weighted by molar-refractivity contribution is 5.83. The summed E-state index contributed by atoms with van der Waals surface area (Å²) in [6.45, 7) is 0. The van der Waals surface area contributed by atoms with Crippen LogP contribution in [0.4, 0.5) is 22.0 Å². The number of carbonyl (C=O) groups is 1. The third-order valence-corrected chi connectivity index (χ3v) is 4.01. The smallest absolute Gasteiger partial charge is 0.299 e. The Morgan fingerprint density at radius 1 is 1.10 bits per heavy atom. The van der Waals surface area contributed by atoms with Gasteiger partial charge >= 0.3 is 6.18 Å². The number of hydrogen-bond acceptors (Lipinski definition) is 1. The Labute approximate surface area is 119 Å². The first-order chi connectivity index (χ1) is 9.80. The molecule has 0 heterocycles. The molecular weight excluding hydrogens is 291 g/mol. The van der Waals surface area contributed by atoms with Crippen LogP contribution < -0.4 is 0 Å². The maximum Gasteiger partial charge on any atom is 0.392 e. The molecular formula is C15H15F5O. The number of benzene rings is 1. The Bertz CT molecular complexity index is 503. The summed E-state index contributed by atoms with van der Waals surface area (Å²) >= 11 is 0. The number of hydrogen-bond donors (Lipinski definition) is 0. The van der Waals surface area contributed by atoms with Gasteiger partial charge < -0.3 is 0 Å². The summed E-state index contributed by atoms with van der Waals surface area (Å²) in [5, 5.41) is 0. The molecule has 0 radical (unpaired) electrons. The zero-order valence-corrected chi connectivity index (χ0v) is 11.2. The van der Waals surface area contributed by atoms with Crippen LogP contribution in [0, 0.1) is 23.5 Å². The van der Waals surface area contributed by atoms with Crippen molar-refractivity contribution in [1.82, 2.24) is 0 Å². The van der Waals surface area contributed by atoms with Gasteiger partial charge in [0.05, 0.1) is 5.92 Å². The number of carbonyl (C=O) groups excluding carboxylic acids is 1. The second-order valence-electron chi connectivity index (χ2n) is 5.38. The predicted octanol–water partition coefficient (Wildman–Crippen LogP) is 4.45. The monoisotopic (exact) mass is 306 g/mol. The molecule has 1 aliphatic rings. The minimum absolute atomic E-state index is 0.0976. The highest BCUT2D eigenvalue weighted by Gasteiger charge is 2.47. The Morgan fingerprint density at radius 3 is 2.24 bits per heavy atom. The van der Waals surface area contributed by atoms with Crippen molar-refractivity contribution in [3.05, 3.63) is 35.4 Å². The first-order valence-corrected chi connectivity index (χ1v) is 6.83. The highest BCUT2D eigenvalue weighted by atomic mass is 19.4. The quantitative estimate of drug-likeness (QED) is 0.754. The summed E-state index contributed by atoms with van der Waals surface area (Å²) < 4.78 is 65.8. The summed E-state index contributed by atoms with van der Waals surface area (Å²) in [5.74, 6) is -5.43. The SMILES string of the molecule is O=C(Cc1c(F)cccc1F)C1CCCCC1C(F)(F)F. The van der Waals surface area contributed by atoms with Crippen LogP contribution in [0.1, 0.15) is 31.2 Å². The molecule has 2 atom stereocenters. The summed E-state index contributed by atoms with van der Waals surface area (Å²) in [5.41, 5.74) is -0.450. The number of rotatable bonds is 3. The minimum atomic E-state index is -4.45. The molecule has 6 heteroatoms. The van der Waals surface area contributed by atoms with E-state index in [4.69, 9.17) is 0 Å². The topological polar surface area (TPSA) is 17.1 Å². The lowest BCUT2D eigenvalue weighted by atomic mass is 9.75. The third kappa shape index (κ3) is 3.60. The van der Waals surface area contributed by atoms with Gasteiger partial charge in [-0.05, 0) is 25.0 Å². The molecule has 0 aromatic heterocycles. The first-order valence-electron chi connectivity index (χ1n) is 6.83. The molecule has 0 amide bonds. The zero-order valence-electron chi connectivity index (χ0n) is 11.2. The number of ketones is 1. The van der Waals surface area contributed by atoms with Crippen molar-refractivity contribution in [2.75, 3.05) is 0 Å². The van der Waals surface area contributed by atoms with E-state index in [0.717, 1.165) is 18.2 Å². The number of halogens is 5. The zero-order chi connectivity index (χ0) is 15.6. The molecule has 0 spiro atoms. The molecule has 2 unspecified atom stereocenters. The van der Waals surface area contributed by atoms with Crippen LogP contribution in [0.5, 0.6) is 0 Å². The van der Waals surface area contributed by atoms with Gasteiger partial charge in [0.15, 0.2) is 0 Å². The lowest BCUT2D eigenvalue weighted by Crippen LogP contribution is -2.38. The van der Waals surface area contributed by atoms with Crippen molar-refractivity contribution in [3.63, 3.8) is 0 Å². The average Bonchev–Trinajstić information content (AvgIpc) is 2.42. The molecule has 0 saturated heterocycles. The van der Waals surface area contributed by atoms with Crippen molar-refractivity contribution < 1.29 is 26.7 Å². The predicted molar refractivity (Wildman–Crippen MR) is 66.6 cm³/mol. The third-order valence-electron chi connectivity index (χ3n) is 4.01. The average molecular weight is 306 g/mol. The summed E-state index contributed by atoms with van der Waals surface area (Å²) in [7, 11) is 0. The van der Waals surface area contributed by atoms with Crippen molar-refractivity contribution in [3.8, 4) is 0 Å². The van der Waals surface area contributed by atoms with Gasteiger partial charge in [-0.3, -0.25) is 4.79 Å². The summed E-state index contributed by atoms with van der Waals surface area (Å²) in [4.78, 5) is 12.1. The van der Waals surface area contributed by atoms with Gasteiger partial charge in [-0.15, -0.1) is 0 Å². The van der Waals surface area contributed by atoms with Gasteiger partial charge in [0.2, 0.25) is 0 Å². The summed E-state index contributed by atoms with van der Waals surface area (Å²) in [6, 6.07) is 3.14. The number of Topliss-reactive ketones (excluding diaryl/α,β-unsaturated/α-hetero) is 1. The van der Waals surface area contributed by atoms with Crippen LogP contribution in [-0.4, -0.2) is 12.0 Å². The number of alkyl halides is 3. The second kappa shape index (κ2) is 6.12. The molecule has 2 rings (SSSR count). The fourth-order valence-electron chi connectivity index (χ4n) is 2.91. The Kier molecular flexibility index (Phi) is 4.64. The normalized spacial score (nSPS) is 23.1. The van der Waals surface area contributed by atoms with Crippen LogP contribution in [0.2, 0.25) is 0 Å². The van der Waals surface area contributed by atoms with Crippen molar-refractivity contribution in [1.29, 1.82) is 0 Å². The molecule has 1 fully saturated rings. The molecule has 1 aromatic rings. The molecule has 1 saturated carbocycles. The molecule has 21 heavy (non-hydrogen) atoms. The van der Waals surface area contributed by atoms with Gasteiger partial charge in [0.1, 0.15) is 17.4 Å². The van der Waals surface area contributed by atoms with E-state index in [1.54, 1.807) is 0 Å². The van der Waals surface area contributed by atoms with Crippen LogP contribution in [0.15, 0.2) is 18.2 Å². The molecule has 0 bridgehead atoms. The Hall–Kier alpha value is -1.46. The van der Waals surface area contributed by atoms with E-state index in [2.05, 4.69) is 0 Å². The van der Waals surface area contributed by atoms with E-state index in [1.807, 2.05) is 0 Å². The fourth-order valence-corrected chi connectivity index (χ4v) is 2.91. The van der Waals surface area contributed by atoms with E-state index >= 15 is 0 Å². The standard InChI is InChI=1S/C15H15F5O/c16-12-6-3-7-13(17)10(12)8-14(21)9-4-1-2-5-11(9)15(18,19)20/h3,6-7,9,11H,1-2,4-5,8H2. The van der Waals surface area contributed by atoms with Crippen LogP contribution in [0.3, 0.4) is 0 Å². The Morgan fingerprint density at radius 2 is 1.67 bits per heavy atom. The van der Waals surface area contributed by atoms with Crippen LogP contribution >= 0.6 is 0 Å². The van der Waals surface area contributed by atoms with Gasteiger partial charge in [-0.1, -0.05) is 18.9 Å². The van der Waals surface area contributed by atoms with Crippen LogP contribution in [-0.2, 0) is 11.2 Å². The fraction of sp³-hybridized carbons (Fsp3) is 0.533. The minimum Gasteiger partial charge on any atom is -0.299 e. The summed E-state index contributed by atoms with van der Waals surface area (Å²) in [6.07, 6.45) is -4.10. The van der Waals surface area contributed by atoms with E-state index in [0.29, 0.717) is 12.8 Å². The van der Waals surface area contributed by atoms with Gasteiger partial charge in [-0.25, -0.2) is 8.78 Å². The van der Waals surface area contributed by atoms with Gasteiger partial charge in [0, 0.05) is 17.9 Å². The van der Waals surface area contributed by atoms with Crippen molar-refractivity contribution in [2.45, 2.75) is 38.3 Å². The van der Waals surface area contributed by atoms with Crippen LogP contribution in [0.25, 0.3) is 0 Å².